The molecule has 0 aliphatic rings. The van der Waals surface area contributed by atoms with Gasteiger partial charge in [0, 0.05) is 5.56 Å². The van der Waals surface area contributed by atoms with Crippen LogP contribution >= 0.6 is 27.5 Å². The molecule has 5 heteroatoms. The summed E-state index contributed by atoms with van der Waals surface area (Å²) in [5.41, 5.74) is 0.430. The molecule has 0 N–H and O–H groups in total. The largest absolute Gasteiger partial charge is 0.294 e. The van der Waals surface area contributed by atoms with Crippen molar-refractivity contribution in [1.29, 1.82) is 0 Å². The van der Waals surface area contributed by atoms with E-state index in [1.165, 1.54) is 31.2 Å². The number of carbonyl (C=O) groups is 1. The lowest BCUT2D eigenvalue weighted by Gasteiger charge is -2.08. The molecule has 0 aliphatic carbocycles. The van der Waals surface area contributed by atoms with Crippen molar-refractivity contribution in [1.82, 2.24) is 0 Å². The average Bonchev–Trinajstić information content (AvgIpc) is 2.34. The third kappa shape index (κ3) is 2.69. The first-order valence-electron chi connectivity index (χ1n) is 5.36. The molecule has 0 unspecified atom stereocenters. The smallest absolute Gasteiger partial charge is 0.161 e. The number of rotatable bonds is 2. The number of hydrogen-bond donors (Lipinski definition) is 0. The Morgan fingerprint density at radius 1 is 1.21 bits per heavy atom. The number of hydrogen-bond acceptors (Lipinski definition) is 1. The number of halogens is 4. The number of Topliss-reactive ketones (excluding diaryl/α,β-unsaturated/α-hetero) is 1. The van der Waals surface area contributed by atoms with Crippen LogP contribution in [0.4, 0.5) is 8.78 Å². The summed E-state index contributed by atoms with van der Waals surface area (Å²) < 4.78 is 27.8. The zero-order valence-electron chi connectivity index (χ0n) is 9.81. The maximum absolute atomic E-state index is 13.9. The molecule has 98 valence electrons. The molecule has 19 heavy (non-hydrogen) atoms. The molecule has 2 rings (SSSR count). The van der Waals surface area contributed by atoms with E-state index in [1.54, 1.807) is 0 Å². The van der Waals surface area contributed by atoms with E-state index in [1.807, 2.05) is 0 Å². The normalized spacial score (nSPS) is 10.6. The lowest BCUT2D eigenvalue weighted by molar-refractivity contribution is 0.101. The molecule has 0 radical (unpaired) electrons. The fourth-order valence-electron chi connectivity index (χ4n) is 1.75. The van der Waals surface area contributed by atoms with Crippen molar-refractivity contribution >= 4 is 33.3 Å². The third-order valence-corrected chi connectivity index (χ3v) is 3.61. The van der Waals surface area contributed by atoms with Gasteiger partial charge in [0.1, 0.15) is 11.6 Å². The van der Waals surface area contributed by atoms with Crippen LogP contribution in [0.15, 0.2) is 34.8 Å². The Balaban J connectivity index is 2.64. The van der Waals surface area contributed by atoms with Gasteiger partial charge in [0.05, 0.1) is 15.1 Å². The van der Waals surface area contributed by atoms with Crippen LogP contribution in [0.1, 0.15) is 17.3 Å². The number of carbonyl (C=O) groups excluding carboxylic acids is 1. The second kappa shape index (κ2) is 5.39. The first-order chi connectivity index (χ1) is 8.91. The monoisotopic (exact) mass is 344 g/mol. The van der Waals surface area contributed by atoms with Gasteiger partial charge in [0.15, 0.2) is 5.78 Å². The Bertz CT molecular complexity index is 671. The van der Waals surface area contributed by atoms with Gasteiger partial charge in [-0.1, -0.05) is 17.7 Å². The van der Waals surface area contributed by atoms with Crippen LogP contribution in [0.5, 0.6) is 0 Å². The molecular formula is C14H8BrClF2O. The van der Waals surface area contributed by atoms with Crippen molar-refractivity contribution in [3.8, 4) is 11.1 Å². The van der Waals surface area contributed by atoms with E-state index in [9.17, 15) is 13.6 Å². The zero-order chi connectivity index (χ0) is 14.2. The van der Waals surface area contributed by atoms with Gasteiger partial charge in [-0.05, 0) is 52.7 Å². The van der Waals surface area contributed by atoms with Crippen molar-refractivity contribution in [2.75, 3.05) is 0 Å². The van der Waals surface area contributed by atoms with E-state index in [0.717, 1.165) is 6.07 Å². The maximum Gasteiger partial charge on any atom is 0.161 e. The van der Waals surface area contributed by atoms with Crippen LogP contribution in [0.2, 0.25) is 5.02 Å². The van der Waals surface area contributed by atoms with Gasteiger partial charge >= 0.3 is 0 Å². The van der Waals surface area contributed by atoms with Crippen molar-refractivity contribution < 1.29 is 13.6 Å². The predicted octanol–water partition coefficient (Wildman–Crippen LogP) is 5.25. The van der Waals surface area contributed by atoms with E-state index in [0.29, 0.717) is 5.56 Å². The molecule has 0 aliphatic heterocycles. The average molecular weight is 346 g/mol. The number of ketones is 1. The quantitative estimate of drug-likeness (QED) is 0.536. The van der Waals surface area contributed by atoms with Gasteiger partial charge in [-0.25, -0.2) is 8.78 Å². The summed E-state index contributed by atoms with van der Waals surface area (Å²) >= 11 is 8.95. The Hall–Kier alpha value is -1.26. The summed E-state index contributed by atoms with van der Waals surface area (Å²) in [6.07, 6.45) is 0. The summed E-state index contributed by atoms with van der Waals surface area (Å²) in [5.74, 6) is -1.59. The van der Waals surface area contributed by atoms with Crippen LogP contribution in [0.25, 0.3) is 11.1 Å². The van der Waals surface area contributed by atoms with E-state index >= 15 is 0 Å². The van der Waals surface area contributed by atoms with Crippen LogP contribution in [-0.2, 0) is 0 Å². The summed E-state index contributed by atoms with van der Waals surface area (Å²) in [5, 5.41) is 0.170. The van der Waals surface area contributed by atoms with Gasteiger partial charge in [0.2, 0.25) is 0 Å². The molecule has 0 fully saturated rings. The van der Waals surface area contributed by atoms with E-state index < -0.39 is 11.6 Å². The molecule has 2 aromatic rings. The second-order valence-electron chi connectivity index (χ2n) is 3.97. The highest BCUT2D eigenvalue weighted by molar-refractivity contribution is 9.10. The van der Waals surface area contributed by atoms with Crippen LogP contribution in [0, 0.1) is 11.6 Å². The number of benzene rings is 2. The van der Waals surface area contributed by atoms with Gasteiger partial charge < -0.3 is 0 Å². The topological polar surface area (TPSA) is 17.1 Å². The molecule has 0 heterocycles. The molecule has 0 bridgehead atoms. The fraction of sp³-hybridized carbons (Fsp3) is 0.0714. The SMILES string of the molecule is CC(=O)c1ccc(-c2c(F)ccc(Br)c2F)cc1Cl. The van der Waals surface area contributed by atoms with Crippen molar-refractivity contribution in [2.45, 2.75) is 6.92 Å². The Kier molecular flexibility index (Phi) is 4.02. The zero-order valence-corrected chi connectivity index (χ0v) is 12.1. The molecule has 0 spiro atoms. The van der Waals surface area contributed by atoms with Gasteiger partial charge in [0.25, 0.3) is 0 Å². The van der Waals surface area contributed by atoms with E-state index in [4.69, 9.17) is 11.6 Å². The highest BCUT2D eigenvalue weighted by atomic mass is 79.9. The molecule has 1 nitrogen and oxygen atoms in total. The van der Waals surface area contributed by atoms with Crippen molar-refractivity contribution in [3.63, 3.8) is 0 Å². The van der Waals surface area contributed by atoms with Gasteiger partial charge in [-0.2, -0.15) is 0 Å². The first-order valence-corrected chi connectivity index (χ1v) is 6.53. The first kappa shape index (κ1) is 14.2. The molecule has 0 aromatic heterocycles. The Morgan fingerprint density at radius 2 is 1.89 bits per heavy atom. The fourth-order valence-corrected chi connectivity index (χ4v) is 2.39. The van der Waals surface area contributed by atoms with E-state index in [-0.39, 0.29) is 26.4 Å². The lowest BCUT2D eigenvalue weighted by Crippen LogP contribution is -1.96. The van der Waals surface area contributed by atoms with Crippen LogP contribution in [0.3, 0.4) is 0 Å². The molecule has 2 aromatic carbocycles. The molecule has 0 saturated heterocycles. The van der Waals surface area contributed by atoms with Gasteiger partial charge in [-0.3, -0.25) is 4.79 Å². The van der Waals surface area contributed by atoms with Crippen LogP contribution in [-0.4, -0.2) is 5.78 Å². The summed E-state index contributed by atoms with van der Waals surface area (Å²) in [6, 6.07) is 6.76. The minimum absolute atomic E-state index is 0.163. The minimum Gasteiger partial charge on any atom is -0.294 e. The van der Waals surface area contributed by atoms with E-state index in [2.05, 4.69) is 15.9 Å². The highest BCUT2D eigenvalue weighted by Gasteiger charge is 2.16. The minimum atomic E-state index is -0.702. The standard InChI is InChI=1S/C14H8BrClF2O/c1-7(19)9-3-2-8(6-11(9)16)13-12(17)5-4-10(15)14(13)18/h2-6H,1H3. The Labute approximate surface area is 122 Å². The van der Waals surface area contributed by atoms with Gasteiger partial charge in [-0.15, -0.1) is 0 Å². The maximum atomic E-state index is 13.9. The summed E-state index contributed by atoms with van der Waals surface area (Å²) in [4.78, 5) is 11.3. The summed E-state index contributed by atoms with van der Waals surface area (Å²) in [6.45, 7) is 1.38. The molecular weight excluding hydrogens is 338 g/mol. The third-order valence-electron chi connectivity index (χ3n) is 2.68. The molecule has 0 atom stereocenters. The van der Waals surface area contributed by atoms with Crippen molar-refractivity contribution in [2.24, 2.45) is 0 Å². The second-order valence-corrected chi connectivity index (χ2v) is 5.23. The molecule has 0 amide bonds. The highest BCUT2D eigenvalue weighted by Crippen LogP contribution is 2.33. The van der Waals surface area contributed by atoms with Crippen LogP contribution < -0.4 is 0 Å². The van der Waals surface area contributed by atoms with Crippen molar-refractivity contribution in [3.05, 3.63) is 57.0 Å². The summed E-state index contributed by atoms with van der Waals surface area (Å²) in [7, 11) is 0. The molecule has 0 saturated carbocycles. The Morgan fingerprint density at radius 3 is 2.47 bits per heavy atom. The predicted molar refractivity (Wildman–Crippen MR) is 74.5 cm³/mol. The lowest BCUT2D eigenvalue weighted by atomic mass is 10.0.